The van der Waals surface area contributed by atoms with Crippen molar-refractivity contribution in [3.05, 3.63) is 28.2 Å². The SMILES string of the molecule is O=C(NCc1cscn1)NC1CCN(c2nccs2)CC1. The molecule has 6 nitrogen and oxygen atoms in total. The number of thiazole rings is 2. The minimum Gasteiger partial charge on any atom is -0.348 e. The van der Waals surface area contributed by atoms with Crippen LogP contribution in [0.1, 0.15) is 18.5 Å². The van der Waals surface area contributed by atoms with Gasteiger partial charge in [-0.2, -0.15) is 0 Å². The lowest BCUT2D eigenvalue weighted by Gasteiger charge is -2.32. The highest BCUT2D eigenvalue weighted by atomic mass is 32.1. The highest BCUT2D eigenvalue weighted by Crippen LogP contribution is 2.21. The Morgan fingerprint density at radius 3 is 2.90 bits per heavy atom. The third-order valence-electron chi connectivity index (χ3n) is 3.43. The zero-order valence-corrected chi connectivity index (χ0v) is 13.1. The van der Waals surface area contributed by atoms with E-state index in [0.717, 1.165) is 36.8 Å². The predicted octanol–water partition coefficient (Wildman–Crippen LogP) is 2.07. The summed E-state index contributed by atoms with van der Waals surface area (Å²) >= 11 is 3.19. The number of carbonyl (C=O) groups is 1. The van der Waals surface area contributed by atoms with Gasteiger partial charge in [0.1, 0.15) is 0 Å². The smallest absolute Gasteiger partial charge is 0.315 e. The van der Waals surface area contributed by atoms with E-state index in [1.54, 1.807) is 16.8 Å². The van der Waals surface area contributed by atoms with Gasteiger partial charge in [0.05, 0.1) is 17.7 Å². The fourth-order valence-corrected chi connectivity index (χ4v) is 3.57. The topological polar surface area (TPSA) is 70.2 Å². The number of piperidine rings is 1. The molecule has 2 aromatic rings. The first-order chi connectivity index (χ1) is 10.3. The summed E-state index contributed by atoms with van der Waals surface area (Å²) in [6.07, 6.45) is 3.73. The fraction of sp³-hybridized carbons (Fsp3) is 0.462. The zero-order chi connectivity index (χ0) is 14.5. The number of nitrogens with zero attached hydrogens (tertiary/aromatic N) is 3. The monoisotopic (exact) mass is 323 g/mol. The van der Waals surface area contributed by atoms with Crippen LogP contribution in [0.25, 0.3) is 0 Å². The Labute approximate surface area is 131 Å². The van der Waals surface area contributed by atoms with Crippen LogP contribution in [0.15, 0.2) is 22.5 Å². The van der Waals surface area contributed by atoms with Crippen molar-refractivity contribution >= 4 is 33.8 Å². The number of nitrogens with one attached hydrogen (secondary N) is 2. The molecule has 0 saturated carbocycles. The quantitative estimate of drug-likeness (QED) is 0.904. The maximum atomic E-state index is 11.8. The summed E-state index contributed by atoms with van der Waals surface area (Å²) in [5.74, 6) is 0. The first-order valence-electron chi connectivity index (χ1n) is 6.87. The zero-order valence-electron chi connectivity index (χ0n) is 11.5. The Morgan fingerprint density at radius 2 is 2.24 bits per heavy atom. The number of anilines is 1. The van der Waals surface area contributed by atoms with E-state index in [9.17, 15) is 4.79 Å². The molecule has 112 valence electrons. The highest BCUT2D eigenvalue weighted by Gasteiger charge is 2.21. The Balaban J connectivity index is 1.39. The van der Waals surface area contributed by atoms with E-state index in [-0.39, 0.29) is 12.1 Å². The normalized spacial score (nSPS) is 15.9. The van der Waals surface area contributed by atoms with Crippen molar-refractivity contribution in [1.29, 1.82) is 0 Å². The molecule has 1 aliphatic heterocycles. The van der Waals surface area contributed by atoms with Crippen molar-refractivity contribution in [3.8, 4) is 0 Å². The van der Waals surface area contributed by atoms with Crippen LogP contribution in [0.2, 0.25) is 0 Å². The Morgan fingerprint density at radius 1 is 1.38 bits per heavy atom. The molecule has 0 unspecified atom stereocenters. The molecule has 0 aromatic carbocycles. The summed E-state index contributed by atoms with van der Waals surface area (Å²) in [5.41, 5.74) is 2.66. The van der Waals surface area contributed by atoms with E-state index < -0.39 is 0 Å². The van der Waals surface area contributed by atoms with E-state index in [0.29, 0.717) is 6.54 Å². The number of aromatic nitrogens is 2. The summed E-state index contributed by atoms with van der Waals surface area (Å²) in [6, 6.07) is 0.118. The van der Waals surface area contributed by atoms with Crippen molar-refractivity contribution in [2.75, 3.05) is 18.0 Å². The van der Waals surface area contributed by atoms with Crippen molar-refractivity contribution in [2.45, 2.75) is 25.4 Å². The van der Waals surface area contributed by atoms with Crippen molar-refractivity contribution < 1.29 is 4.79 Å². The minimum atomic E-state index is -0.115. The van der Waals surface area contributed by atoms with Gasteiger partial charge in [0.2, 0.25) is 0 Å². The Kier molecular flexibility index (Phi) is 4.66. The van der Waals surface area contributed by atoms with Gasteiger partial charge in [0.25, 0.3) is 0 Å². The number of carbonyl (C=O) groups excluding carboxylic acids is 1. The molecule has 2 N–H and O–H groups in total. The third kappa shape index (κ3) is 3.92. The Bertz CT molecular complexity index is 549. The number of amides is 2. The molecule has 2 amide bonds. The van der Waals surface area contributed by atoms with Gasteiger partial charge in [-0.1, -0.05) is 0 Å². The Hall–Kier alpha value is -1.67. The second-order valence-electron chi connectivity index (χ2n) is 4.88. The lowest BCUT2D eigenvalue weighted by atomic mass is 10.1. The van der Waals surface area contributed by atoms with Crippen LogP contribution < -0.4 is 15.5 Å². The molecule has 3 rings (SSSR count). The maximum absolute atomic E-state index is 11.8. The summed E-state index contributed by atoms with van der Waals surface area (Å²) in [7, 11) is 0. The summed E-state index contributed by atoms with van der Waals surface area (Å²) in [6.45, 7) is 2.35. The fourth-order valence-electron chi connectivity index (χ4n) is 2.32. The molecule has 8 heteroatoms. The van der Waals surface area contributed by atoms with Crippen LogP contribution in [0, 0.1) is 0 Å². The molecule has 1 aliphatic rings. The van der Waals surface area contributed by atoms with Crippen molar-refractivity contribution in [1.82, 2.24) is 20.6 Å². The summed E-state index contributed by atoms with van der Waals surface area (Å²) < 4.78 is 0. The first-order valence-corrected chi connectivity index (χ1v) is 8.69. The van der Waals surface area contributed by atoms with E-state index >= 15 is 0 Å². The van der Waals surface area contributed by atoms with Gasteiger partial charge in [-0.3, -0.25) is 0 Å². The number of hydrogen-bond acceptors (Lipinski definition) is 6. The van der Waals surface area contributed by atoms with E-state index in [1.165, 1.54) is 11.3 Å². The molecule has 0 bridgehead atoms. The molecule has 21 heavy (non-hydrogen) atoms. The molecule has 0 radical (unpaired) electrons. The average Bonchev–Trinajstić information content (AvgIpc) is 3.19. The molecule has 0 aliphatic carbocycles. The molecule has 1 saturated heterocycles. The maximum Gasteiger partial charge on any atom is 0.315 e. The second-order valence-corrected chi connectivity index (χ2v) is 6.47. The molecular weight excluding hydrogens is 306 g/mol. The van der Waals surface area contributed by atoms with Gasteiger partial charge in [0.15, 0.2) is 5.13 Å². The summed E-state index contributed by atoms with van der Waals surface area (Å²) in [4.78, 5) is 22.6. The van der Waals surface area contributed by atoms with Crippen molar-refractivity contribution in [3.63, 3.8) is 0 Å². The van der Waals surface area contributed by atoms with Gasteiger partial charge < -0.3 is 15.5 Å². The van der Waals surface area contributed by atoms with Crippen LogP contribution in [-0.4, -0.2) is 35.1 Å². The second kappa shape index (κ2) is 6.86. The molecular formula is C13H17N5OS2. The van der Waals surface area contributed by atoms with Crippen LogP contribution in [-0.2, 0) is 6.54 Å². The average molecular weight is 323 g/mol. The van der Waals surface area contributed by atoms with E-state index in [1.807, 2.05) is 17.0 Å². The van der Waals surface area contributed by atoms with E-state index in [2.05, 4.69) is 25.5 Å². The highest BCUT2D eigenvalue weighted by molar-refractivity contribution is 7.13. The van der Waals surface area contributed by atoms with Gasteiger partial charge in [0, 0.05) is 36.1 Å². The minimum absolute atomic E-state index is 0.115. The first kappa shape index (κ1) is 14.3. The standard InChI is InChI=1S/C13H17N5OS2/c19-12(15-7-11-8-20-9-16-11)17-10-1-4-18(5-2-10)13-14-3-6-21-13/h3,6,8-10H,1-2,4-5,7H2,(H2,15,17,19). The van der Waals surface area contributed by atoms with E-state index in [4.69, 9.17) is 0 Å². The van der Waals surface area contributed by atoms with Gasteiger partial charge in [-0.05, 0) is 12.8 Å². The number of hydrogen-bond donors (Lipinski definition) is 2. The van der Waals surface area contributed by atoms with Crippen LogP contribution >= 0.6 is 22.7 Å². The van der Waals surface area contributed by atoms with Crippen molar-refractivity contribution in [2.24, 2.45) is 0 Å². The van der Waals surface area contributed by atoms with Gasteiger partial charge in [-0.25, -0.2) is 14.8 Å². The predicted molar refractivity (Wildman–Crippen MR) is 84.8 cm³/mol. The number of rotatable bonds is 4. The van der Waals surface area contributed by atoms with Gasteiger partial charge >= 0.3 is 6.03 Å². The van der Waals surface area contributed by atoms with Crippen LogP contribution in [0.4, 0.5) is 9.93 Å². The largest absolute Gasteiger partial charge is 0.348 e. The van der Waals surface area contributed by atoms with Crippen LogP contribution in [0.3, 0.4) is 0 Å². The third-order valence-corrected chi connectivity index (χ3v) is 4.90. The lowest BCUT2D eigenvalue weighted by molar-refractivity contribution is 0.234. The van der Waals surface area contributed by atoms with Crippen LogP contribution in [0.5, 0.6) is 0 Å². The molecule has 2 aromatic heterocycles. The molecule has 1 fully saturated rings. The van der Waals surface area contributed by atoms with Gasteiger partial charge in [-0.15, -0.1) is 22.7 Å². The lowest BCUT2D eigenvalue weighted by Crippen LogP contribution is -2.47. The molecule has 0 spiro atoms. The molecule has 0 atom stereocenters. The molecule has 3 heterocycles. The summed E-state index contributed by atoms with van der Waals surface area (Å²) in [5, 5.41) is 10.9. The number of urea groups is 1.